The van der Waals surface area contributed by atoms with Crippen LogP contribution in [0.4, 0.5) is 0 Å². The molecule has 0 saturated heterocycles. The summed E-state index contributed by atoms with van der Waals surface area (Å²) < 4.78 is 5.11. The molecule has 0 aliphatic rings. The number of ether oxygens (including phenoxy) is 1. The molecule has 0 aliphatic carbocycles. The van der Waals surface area contributed by atoms with Crippen molar-refractivity contribution in [3.63, 3.8) is 0 Å². The molecule has 1 atom stereocenters. The largest absolute Gasteiger partial charge is 0.465 e. The number of pyridine rings is 1. The number of aromatic nitrogens is 1. The second kappa shape index (κ2) is 9.60. The number of thioether (sulfide) groups is 1. The zero-order chi connectivity index (χ0) is 20.8. The minimum absolute atomic E-state index is 0.308. The van der Waals surface area contributed by atoms with Gasteiger partial charge < -0.3 is 4.74 Å². The minimum Gasteiger partial charge on any atom is -0.465 e. The maximum atomic E-state index is 12.1. The van der Waals surface area contributed by atoms with Crippen LogP contribution in [0.1, 0.15) is 19.4 Å². The van der Waals surface area contributed by atoms with E-state index in [9.17, 15) is 10.1 Å². The van der Waals surface area contributed by atoms with E-state index in [0.29, 0.717) is 27.9 Å². The highest BCUT2D eigenvalue weighted by molar-refractivity contribution is 8.00. The SMILES string of the molecule is CCOC(=O)[C@H](C)Sc1nc(-c2ccc(Cl)cc2)cc(-c2ccccc2)c1C#N. The second-order valence-corrected chi connectivity index (χ2v) is 8.00. The summed E-state index contributed by atoms with van der Waals surface area (Å²) in [7, 11) is 0. The van der Waals surface area contributed by atoms with Gasteiger partial charge in [0, 0.05) is 16.1 Å². The molecular formula is C23H19ClN2O2S. The molecule has 0 N–H and O–H groups in total. The van der Waals surface area contributed by atoms with Crippen LogP contribution in [0.5, 0.6) is 0 Å². The number of esters is 1. The minimum atomic E-state index is -0.487. The average molecular weight is 423 g/mol. The second-order valence-electron chi connectivity index (χ2n) is 6.23. The summed E-state index contributed by atoms with van der Waals surface area (Å²) in [5.74, 6) is -0.332. The number of nitrogens with zero attached hydrogens (tertiary/aromatic N) is 2. The van der Waals surface area contributed by atoms with E-state index >= 15 is 0 Å². The van der Waals surface area contributed by atoms with Crippen LogP contribution in [0.25, 0.3) is 22.4 Å². The Morgan fingerprint density at radius 3 is 2.48 bits per heavy atom. The standard InChI is InChI=1S/C23H19ClN2O2S/c1-3-28-23(27)15(2)29-22-20(14-25)19(16-7-5-4-6-8-16)13-21(26-22)17-9-11-18(24)12-10-17/h4-13,15H,3H2,1-2H3/t15-/m0/s1. The molecule has 0 saturated carbocycles. The van der Waals surface area contributed by atoms with Gasteiger partial charge in [-0.15, -0.1) is 0 Å². The third-order valence-electron chi connectivity index (χ3n) is 4.23. The fourth-order valence-electron chi connectivity index (χ4n) is 2.80. The zero-order valence-electron chi connectivity index (χ0n) is 16.1. The molecule has 1 aromatic heterocycles. The third kappa shape index (κ3) is 4.97. The van der Waals surface area contributed by atoms with Gasteiger partial charge in [-0.25, -0.2) is 4.98 Å². The van der Waals surface area contributed by atoms with Crippen LogP contribution in [0.15, 0.2) is 65.7 Å². The number of carbonyl (C=O) groups excluding carboxylic acids is 1. The average Bonchev–Trinajstić information content (AvgIpc) is 2.74. The van der Waals surface area contributed by atoms with Crippen LogP contribution in [0.3, 0.4) is 0 Å². The molecule has 0 aliphatic heterocycles. The molecule has 146 valence electrons. The highest BCUT2D eigenvalue weighted by Gasteiger charge is 2.22. The van der Waals surface area contributed by atoms with Gasteiger partial charge in [-0.1, -0.05) is 65.8 Å². The summed E-state index contributed by atoms with van der Waals surface area (Å²) in [6.07, 6.45) is 0. The van der Waals surface area contributed by atoms with Crippen LogP contribution < -0.4 is 0 Å². The van der Waals surface area contributed by atoms with Crippen LogP contribution in [0, 0.1) is 11.3 Å². The van der Waals surface area contributed by atoms with E-state index in [0.717, 1.165) is 16.7 Å². The summed E-state index contributed by atoms with van der Waals surface area (Å²) >= 11 is 7.25. The van der Waals surface area contributed by atoms with E-state index in [1.54, 1.807) is 26.0 Å². The molecule has 6 heteroatoms. The van der Waals surface area contributed by atoms with Crippen molar-refractivity contribution in [2.24, 2.45) is 0 Å². The van der Waals surface area contributed by atoms with E-state index in [2.05, 4.69) is 6.07 Å². The fraction of sp³-hybridized carbons (Fsp3) is 0.174. The van der Waals surface area contributed by atoms with Gasteiger partial charge in [0.2, 0.25) is 0 Å². The summed E-state index contributed by atoms with van der Waals surface area (Å²) in [4.78, 5) is 16.8. The van der Waals surface area contributed by atoms with Crippen molar-refractivity contribution in [3.8, 4) is 28.5 Å². The van der Waals surface area contributed by atoms with Gasteiger partial charge in [-0.2, -0.15) is 5.26 Å². The first-order valence-electron chi connectivity index (χ1n) is 9.13. The van der Waals surface area contributed by atoms with E-state index in [4.69, 9.17) is 21.3 Å². The van der Waals surface area contributed by atoms with Crippen LogP contribution >= 0.6 is 23.4 Å². The maximum Gasteiger partial charge on any atom is 0.319 e. The molecule has 0 fully saturated rings. The van der Waals surface area contributed by atoms with Crippen molar-refractivity contribution < 1.29 is 9.53 Å². The Bertz CT molecular complexity index is 1050. The molecule has 29 heavy (non-hydrogen) atoms. The van der Waals surface area contributed by atoms with Gasteiger partial charge in [0.15, 0.2) is 0 Å². The number of halogens is 1. The van der Waals surface area contributed by atoms with Crippen molar-refractivity contribution in [3.05, 3.63) is 71.2 Å². The first kappa shape index (κ1) is 20.9. The lowest BCUT2D eigenvalue weighted by Crippen LogP contribution is -2.17. The topological polar surface area (TPSA) is 63.0 Å². The predicted octanol–water partition coefficient (Wildman–Crippen LogP) is 5.98. The van der Waals surface area contributed by atoms with E-state index in [-0.39, 0.29) is 5.97 Å². The zero-order valence-corrected chi connectivity index (χ0v) is 17.6. The van der Waals surface area contributed by atoms with Crippen molar-refractivity contribution in [1.82, 2.24) is 4.98 Å². The quantitative estimate of drug-likeness (QED) is 0.361. The molecule has 0 unspecified atom stereocenters. The van der Waals surface area contributed by atoms with E-state index in [1.165, 1.54) is 11.8 Å². The Balaban J connectivity index is 2.15. The lowest BCUT2D eigenvalue weighted by Gasteiger charge is -2.15. The Morgan fingerprint density at radius 1 is 1.17 bits per heavy atom. The van der Waals surface area contributed by atoms with Crippen LogP contribution in [0.2, 0.25) is 5.02 Å². The van der Waals surface area contributed by atoms with Crippen LogP contribution in [-0.2, 0) is 9.53 Å². The Kier molecular flexibility index (Phi) is 6.92. The molecule has 4 nitrogen and oxygen atoms in total. The van der Waals surface area contributed by atoms with Gasteiger partial charge in [0.1, 0.15) is 16.3 Å². The number of hydrogen-bond donors (Lipinski definition) is 0. The molecule has 3 aromatic rings. The monoisotopic (exact) mass is 422 g/mol. The first-order valence-corrected chi connectivity index (χ1v) is 10.4. The Hall–Kier alpha value is -2.81. The van der Waals surface area contributed by atoms with Gasteiger partial charge in [-0.3, -0.25) is 4.79 Å². The van der Waals surface area contributed by atoms with Crippen LogP contribution in [-0.4, -0.2) is 22.8 Å². The van der Waals surface area contributed by atoms with Gasteiger partial charge in [-0.05, 0) is 37.6 Å². The maximum absolute atomic E-state index is 12.1. The van der Waals surface area contributed by atoms with Crippen molar-refractivity contribution in [2.75, 3.05) is 6.61 Å². The third-order valence-corrected chi connectivity index (χ3v) is 5.55. The highest BCUT2D eigenvalue weighted by Crippen LogP contribution is 2.36. The number of rotatable bonds is 6. The number of nitriles is 1. The molecule has 0 amide bonds. The number of carbonyl (C=O) groups is 1. The highest BCUT2D eigenvalue weighted by atomic mass is 35.5. The molecule has 2 aromatic carbocycles. The molecule has 1 heterocycles. The summed E-state index contributed by atoms with van der Waals surface area (Å²) in [6, 6.07) is 21.2. The smallest absolute Gasteiger partial charge is 0.319 e. The Labute approximate surface area is 179 Å². The number of benzene rings is 2. The normalized spacial score (nSPS) is 11.5. The summed E-state index contributed by atoms with van der Waals surface area (Å²) in [5, 5.41) is 10.5. The molecule has 0 radical (unpaired) electrons. The molecular weight excluding hydrogens is 404 g/mol. The van der Waals surface area contributed by atoms with Crippen molar-refractivity contribution in [2.45, 2.75) is 24.1 Å². The molecule has 0 bridgehead atoms. The van der Waals surface area contributed by atoms with Gasteiger partial charge >= 0.3 is 5.97 Å². The first-order chi connectivity index (χ1) is 14.0. The van der Waals surface area contributed by atoms with Gasteiger partial charge in [0.25, 0.3) is 0 Å². The lowest BCUT2D eigenvalue weighted by molar-refractivity contribution is -0.142. The molecule has 0 spiro atoms. The number of hydrogen-bond acceptors (Lipinski definition) is 5. The summed E-state index contributed by atoms with van der Waals surface area (Å²) in [5.41, 5.74) is 3.70. The van der Waals surface area contributed by atoms with E-state index in [1.807, 2.05) is 48.5 Å². The van der Waals surface area contributed by atoms with E-state index < -0.39 is 5.25 Å². The lowest BCUT2D eigenvalue weighted by atomic mass is 9.99. The molecule has 3 rings (SSSR count). The Morgan fingerprint density at radius 2 is 1.86 bits per heavy atom. The van der Waals surface area contributed by atoms with Crippen molar-refractivity contribution >= 4 is 29.3 Å². The van der Waals surface area contributed by atoms with Gasteiger partial charge in [0.05, 0.1) is 17.9 Å². The van der Waals surface area contributed by atoms with Crippen molar-refractivity contribution in [1.29, 1.82) is 5.26 Å². The fourth-order valence-corrected chi connectivity index (χ4v) is 3.85. The summed E-state index contributed by atoms with van der Waals surface area (Å²) in [6.45, 7) is 3.83. The predicted molar refractivity (Wildman–Crippen MR) is 117 cm³/mol.